The summed E-state index contributed by atoms with van der Waals surface area (Å²) < 4.78 is 15.1. The van der Waals surface area contributed by atoms with Crippen LogP contribution < -0.4 is 0 Å². The summed E-state index contributed by atoms with van der Waals surface area (Å²) in [6.45, 7) is 0. The SMILES string of the molecule is [Si]O[Si]O[Si]O[Si]CC1CCCCCCC1. The van der Waals surface area contributed by atoms with Gasteiger partial charge in [-0.05, 0) is 12.0 Å². The van der Waals surface area contributed by atoms with Crippen molar-refractivity contribution in [2.45, 2.75) is 51.0 Å². The molecule has 16 heavy (non-hydrogen) atoms. The molecule has 1 fully saturated rings. The summed E-state index contributed by atoms with van der Waals surface area (Å²) >= 11 is 0. The van der Waals surface area contributed by atoms with Crippen LogP contribution in [0, 0.1) is 5.92 Å². The Labute approximate surface area is 110 Å². The van der Waals surface area contributed by atoms with E-state index in [1.807, 2.05) is 0 Å². The molecule has 0 amide bonds. The molecule has 0 atom stereocenters. The third-order valence-corrected chi connectivity index (χ3v) is 5.49. The summed E-state index contributed by atoms with van der Waals surface area (Å²) in [4.78, 5) is 0. The van der Waals surface area contributed by atoms with E-state index in [0.717, 1.165) is 5.92 Å². The molecule has 1 saturated carbocycles. The van der Waals surface area contributed by atoms with E-state index in [9.17, 15) is 0 Å². The van der Waals surface area contributed by atoms with Crippen molar-refractivity contribution in [2.75, 3.05) is 0 Å². The number of rotatable bonds is 7. The molecule has 7 heteroatoms. The standard InChI is InChI=1S/C9H17O3Si4/c13-10-15-12-16-11-14-8-9-6-4-2-1-3-5-7-9/h9H,1-8H2. The van der Waals surface area contributed by atoms with Gasteiger partial charge in [0.05, 0.1) is 0 Å². The van der Waals surface area contributed by atoms with Crippen LogP contribution in [0.5, 0.6) is 0 Å². The van der Waals surface area contributed by atoms with E-state index < -0.39 is 0 Å². The van der Waals surface area contributed by atoms with Crippen molar-refractivity contribution in [2.24, 2.45) is 5.92 Å². The molecule has 87 valence electrons. The largest absolute Gasteiger partial charge is 0.435 e. The Morgan fingerprint density at radius 3 is 2.31 bits per heavy atom. The summed E-state index contributed by atoms with van der Waals surface area (Å²) in [5.41, 5.74) is 0. The molecule has 0 heterocycles. The van der Waals surface area contributed by atoms with Crippen molar-refractivity contribution in [3.63, 3.8) is 0 Å². The number of hydrogen-bond acceptors (Lipinski definition) is 3. The predicted molar refractivity (Wildman–Crippen MR) is 66.9 cm³/mol. The summed E-state index contributed by atoms with van der Waals surface area (Å²) in [6, 6.07) is 1.22. The van der Waals surface area contributed by atoms with Crippen LogP contribution in [0.4, 0.5) is 0 Å². The highest BCUT2D eigenvalue weighted by Gasteiger charge is 2.12. The fourth-order valence-corrected chi connectivity index (χ4v) is 4.42. The molecular formula is C9H17O3Si4. The second-order valence-corrected chi connectivity index (χ2v) is 7.51. The Morgan fingerprint density at radius 2 is 1.62 bits per heavy atom. The molecule has 1 aliphatic rings. The van der Waals surface area contributed by atoms with Gasteiger partial charge in [-0.2, -0.15) is 0 Å². The first-order valence-electron chi connectivity index (χ1n) is 5.80. The molecule has 0 bridgehead atoms. The Bertz CT molecular complexity index is 154. The highest BCUT2D eigenvalue weighted by Crippen LogP contribution is 2.24. The molecule has 1 aliphatic carbocycles. The van der Waals surface area contributed by atoms with Gasteiger partial charge in [0.1, 0.15) is 0 Å². The lowest BCUT2D eigenvalue weighted by molar-refractivity contribution is 0.391. The second-order valence-electron chi connectivity index (χ2n) is 4.03. The molecule has 0 unspecified atom stereocenters. The second kappa shape index (κ2) is 10.9. The highest BCUT2D eigenvalue weighted by atomic mass is 28.4. The van der Waals surface area contributed by atoms with Gasteiger partial charge in [-0.25, -0.2) is 0 Å². The predicted octanol–water partition coefficient (Wildman–Crippen LogP) is 1.59. The zero-order valence-corrected chi connectivity index (χ0v) is 13.5. The maximum absolute atomic E-state index is 5.45. The number of hydrogen-bond donors (Lipinski definition) is 0. The lowest BCUT2D eigenvalue weighted by Crippen LogP contribution is -2.15. The van der Waals surface area contributed by atoms with Crippen LogP contribution in [-0.4, -0.2) is 40.3 Å². The van der Waals surface area contributed by atoms with Crippen molar-refractivity contribution in [3.05, 3.63) is 0 Å². The smallest absolute Gasteiger partial charge is 0.411 e. The monoisotopic (exact) mass is 285 g/mol. The minimum Gasteiger partial charge on any atom is -0.435 e. The highest BCUT2D eigenvalue weighted by molar-refractivity contribution is 6.44. The normalized spacial score (nSPS) is 19.3. The van der Waals surface area contributed by atoms with Gasteiger partial charge < -0.3 is 12.3 Å². The molecule has 0 aromatic carbocycles. The molecule has 1 rings (SSSR count). The zero-order valence-electron chi connectivity index (χ0n) is 9.46. The van der Waals surface area contributed by atoms with E-state index >= 15 is 0 Å². The van der Waals surface area contributed by atoms with Crippen LogP contribution in [-0.2, 0) is 12.3 Å². The topological polar surface area (TPSA) is 27.7 Å². The maximum Gasteiger partial charge on any atom is 0.411 e. The van der Waals surface area contributed by atoms with Crippen molar-refractivity contribution in [3.8, 4) is 0 Å². The first-order chi connectivity index (χ1) is 7.93. The van der Waals surface area contributed by atoms with Crippen LogP contribution >= 0.6 is 0 Å². The van der Waals surface area contributed by atoms with Crippen LogP contribution in [0.1, 0.15) is 44.9 Å². The van der Waals surface area contributed by atoms with Gasteiger partial charge in [0.15, 0.2) is 0 Å². The van der Waals surface area contributed by atoms with Gasteiger partial charge in [0, 0.05) is 0 Å². The van der Waals surface area contributed by atoms with Crippen LogP contribution in [0.2, 0.25) is 6.04 Å². The Balaban J connectivity index is 1.93. The lowest BCUT2D eigenvalue weighted by Gasteiger charge is -2.18. The summed E-state index contributed by atoms with van der Waals surface area (Å²) in [6.07, 6.45) is 9.90. The Kier molecular flexibility index (Phi) is 10.1. The van der Waals surface area contributed by atoms with Crippen molar-refractivity contribution < 1.29 is 12.3 Å². The van der Waals surface area contributed by atoms with E-state index in [1.165, 1.54) is 51.0 Å². The van der Waals surface area contributed by atoms with E-state index in [0.29, 0.717) is 9.76 Å². The summed E-state index contributed by atoms with van der Waals surface area (Å²) in [5.74, 6) is 0.887. The molecule has 0 saturated heterocycles. The fraction of sp³-hybridized carbons (Fsp3) is 1.00. The molecule has 0 aromatic rings. The van der Waals surface area contributed by atoms with Gasteiger partial charge in [-0.3, -0.25) is 0 Å². The average Bonchev–Trinajstić information content (AvgIpc) is 2.25. The Morgan fingerprint density at radius 1 is 0.938 bits per heavy atom. The van der Waals surface area contributed by atoms with E-state index in [1.54, 1.807) is 0 Å². The van der Waals surface area contributed by atoms with E-state index in [4.69, 9.17) is 8.23 Å². The van der Waals surface area contributed by atoms with E-state index in [2.05, 4.69) is 14.6 Å². The third-order valence-electron chi connectivity index (χ3n) is 2.84. The van der Waals surface area contributed by atoms with Crippen molar-refractivity contribution in [1.29, 1.82) is 0 Å². The van der Waals surface area contributed by atoms with Crippen LogP contribution in [0.15, 0.2) is 0 Å². The van der Waals surface area contributed by atoms with Crippen LogP contribution in [0.25, 0.3) is 0 Å². The van der Waals surface area contributed by atoms with Crippen molar-refractivity contribution in [1.82, 2.24) is 0 Å². The Hall–Kier alpha value is 0.748. The van der Waals surface area contributed by atoms with Crippen LogP contribution in [0.3, 0.4) is 0 Å². The summed E-state index contributed by atoms with van der Waals surface area (Å²) in [5, 5.41) is 0. The van der Waals surface area contributed by atoms with Crippen molar-refractivity contribution >= 4 is 40.3 Å². The molecule has 0 aromatic heterocycles. The minimum absolute atomic E-state index is 0.0358. The molecule has 0 N–H and O–H groups in total. The first-order valence-corrected chi connectivity index (χ1v) is 8.96. The van der Waals surface area contributed by atoms with Gasteiger partial charge >= 0.3 is 20.0 Å². The molecule has 3 nitrogen and oxygen atoms in total. The summed E-state index contributed by atoms with van der Waals surface area (Å²) in [7, 11) is 3.63. The lowest BCUT2D eigenvalue weighted by atomic mass is 9.93. The molecule has 0 spiro atoms. The fourth-order valence-electron chi connectivity index (χ4n) is 1.99. The minimum atomic E-state index is 0.0358. The molecule has 0 aliphatic heterocycles. The van der Waals surface area contributed by atoms with Gasteiger partial charge in [0.25, 0.3) is 0 Å². The van der Waals surface area contributed by atoms with Gasteiger partial charge in [-0.1, -0.05) is 44.9 Å². The maximum atomic E-state index is 5.45. The molecule has 9 radical (unpaired) electrons. The zero-order chi connectivity index (χ0) is 11.5. The van der Waals surface area contributed by atoms with Gasteiger partial charge in [0.2, 0.25) is 20.2 Å². The quantitative estimate of drug-likeness (QED) is 0.525. The van der Waals surface area contributed by atoms with E-state index in [-0.39, 0.29) is 20.0 Å². The average molecular weight is 286 g/mol. The molecular weight excluding hydrogens is 268 g/mol. The first kappa shape index (κ1) is 14.8. The van der Waals surface area contributed by atoms with Gasteiger partial charge in [-0.15, -0.1) is 0 Å². The third kappa shape index (κ3) is 7.93.